The lowest BCUT2D eigenvalue weighted by atomic mass is 9.92. The minimum atomic E-state index is -0.344. The van der Waals surface area contributed by atoms with E-state index in [4.69, 9.17) is 17.3 Å². The van der Waals surface area contributed by atoms with Crippen LogP contribution in [0.15, 0.2) is 18.2 Å². The average Bonchev–Trinajstić information content (AvgIpc) is 2.37. The Balaban J connectivity index is 2.10. The first-order valence-corrected chi connectivity index (χ1v) is 6.86. The van der Waals surface area contributed by atoms with Gasteiger partial charge in [-0.2, -0.15) is 0 Å². The Morgan fingerprint density at radius 1 is 1.50 bits per heavy atom. The summed E-state index contributed by atoms with van der Waals surface area (Å²) in [5.41, 5.74) is 6.68. The quantitative estimate of drug-likeness (QED) is 0.915. The zero-order valence-electron chi connectivity index (χ0n) is 10.7. The van der Waals surface area contributed by atoms with Gasteiger partial charge in [-0.25, -0.2) is 4.39 Å². The van der Waals surface area contributed by atoms with Crippen LogP contribution < -0.4 is 5.73 Å². The molecule has 2 atom stereocenters. The highest BCUT2D eigenvalue weighted by atomic mass is 35.5. The van der Waals surface area contributed by atoms with Crippen molar-refractivity contribution in [1.29, 1.82) is 0 Å². The Morgan fingerprint density at radius 3 is 3.00 bits per heavy atom. The molecule has 0 radical (unpaired) electrons. The highest BCUT2D eigenvalue weighted by Crippen LogP contribution is 2.26. The van der Waals surface area contributed by atoms with E-state index in [0.29, 0.717) is 19.1 Å². The lowest BCUT2D eigenvalue weighted by molar-refractivity contribution is 0.115. The molecule has 100 valence electrons. The van der Waals surface area contributed by atoms with Crippen LogP contribution in [0.2, 0.25) is 5.02 Å². The minimum absolute atomic E-state index is 0.242. The van der Waals surface area contributed by atoms with E-state index in [9.17, 15) is 4.39 Å². The monoisotopic (exact) mass is 270 g/mol. The van der Waals surface area contributed by atoms with E-state index in [-0.39, 0.29) is 10.8 Å². The van der Waals surface area contributed by atoms with Crippen molar-refractivity contribution in [3.63, 3.8) is 0 Å². The fourth-order valence-corrected chi connectivity index (χ4v) is 2.83. The number of halogens is 2. The van der Waals surface area contributed by atoms with E-state index in [1.54, 1.807) is 6.07 Å². The molecule has 0 saturated carbocycles. The first-order chi connectivity index (χ1) is 8.61. The third kappa shape index (κ3) is 3.02. The van der Waals surface area contributed by atoms with E-state index >= 15 is 0 Å². The summed E-state index contributed by atoms with van der Waals surface area (Å²) in [7, 11) is 0. The normalized spacial score (nSPS) is 25.3. The molecule has 1 aromatic rings. The molecule has 1 fully saturated rings. The average molecular weight is 271 g/mol. The number of hydrogen-bond donors (Lipinski definition) is 1. The predicted octanol–water partition coefficient (Wildman–Crippen LogP) is 3.04. The molecule has 2 N–H and O–H groups in total. The van der Waals surface area contributed by atoms with Crippen molar-refractivity contribution in [3.8, 4) is 0 Å². The van der Waals surface area contributed by atoms with Gasteiger partial charge >= 0.3 is 0 Å². The van der Waals surface area contributed by atoms with Crippen molar-refractivity contribution in [3.05, 3.63) is 34.6 Å². The summed E-state index contributed by atoms with van der Waals surface area (Å²) in [6.45, 7) is 4.60. The first-order valence-electron chi connectivity index (χ1n) is 6.48. The molecule has 0 amide bonds. The maximum atomic E-state index is 13.4. The molecule has 18 heavy (non-hydrogen) atoms. The van der Waals surface area contributed by atoms with Crippen molar-refractivity contribution < 1.29 is 4.39 Å². The maximum Gasteiger partial charge on any atom is 0.142 e. The van der Waals surface area contributed by atoms with Crippen molar-refractivity contribution in [1.82, 2.24) is 4.90 Å². The summed E-state index contributed by atoms with van der Waals surface area (Å²) >= 11 is 6.00. The van der Waals surface area contributed by atoms with Gasteiger partial charge in [-0.3, -0.25) is 4.90 Å². The summed E-state index contributed by atoms with van der Waals surface area (Å²) in [5, 5.41) is 0.242. The van der Waals surface area contributed by atoms with Crippen molar-refractivity contribution >= 4 is 11.6 Å². The molecule has 0 bridgehead atoms. The topological polar surface area (TPSA) is 29.3 Å². The third-order valence-electron chi connectivity index (χ3n) is 3.78. The molecule has 1 aliphatic heterocycles. The summed E-state index contributed by atoms with van der Waals surface area (Å²) in [6, 6.07) is 5.37. The molecule has 0 spiro atoms. The lowest BCUT2D eigenvalue weighted by Gasteiger charge is -2.38. The number of likely N-dealkylation sites (tertiary alicyclic amines) is 1. The van der Waals surface area contributed by atoms with Gasteiger partial charge in [-0.1, -0.05) is 30.7 Å². The van der Waals surface area contributed by atoms with Crippen molar-refractivity contribution in [2.45, 2.75) is 32.4 Å². The van der Waals surface area contributed by atoms with E-state index in [1.165, 1.54) is 12.5 Å². The van der Waals surface area contributed by atoms with Gasteiger partial charge in [0.2, 0.25) is 0 Å². The summed E-state index contributed by atoms with van der Waals surface area (Å²) in [6.07, 6.45) is 2.28. The van der Waals surface area contributed by atoms with E-state index in [0.717, 1.165) is 24.4 Å². The molecule has 2 rings (SSSR count). The lowest BCUT2D eigenvalue weighted by Crippen LogP contribution is -2.45. The largest absolute Gasteiger partial charge is 0.329 e. The van der Waals surface area contributed by atoms with Gasteiger partial charge in [0.1, 0.15) is 5.82 Å². The molecular weight excluding hydrogens is 251 g/mol. The van der Waals surface area contributed by atoms with Gasteiger partial charge in [0.05, 0.1) is 5.02 Å². The van der Waals surface area contributed by atoms with Crippen LogP contribution in [0, 0.1) is 11.7 Å². The van der Waals surface area contributed by atoms with Crippen molar-refractivity contribution in [2.24, 2.45) is 11.7 Å². The fraction of sp³-hybridized carbons (Fsp3) is 0.571. The molecule has 1 heterocycles. The Bertz CT molecular complexity index is 411. The predicted molar refractivity (Wildman–Crippen MR) is 73.1 cm³/mol. The molecular formula is C14H20ClFN2. The molecule has 0 aliphatic carbocycles. The van der Waals surface area contributed by atoms with Crippen LogP contribution in [0.3, 0.4) is 0 Å². The highest BCUT2D eigenvalue weighted by molar-refractivity contribution is 6.31. The van der Waals surface area contributed by atoms with Crippen LogP contribution >= 0.6 is 11.6 Å². The van der Waals surface area contributed by atoms with E-state index in [2.05, 4.69) is 11.8 Å². The van der Waals surface area contributed by atoms with Gasteiger partial charge in [0, 0.05) is 19.1 Å². The smallest absolute Gasteiger partial charge is 0.142 e. The van der Waals surface area contributed by atoms with Crippen LogP contribution in [0.5, 0.6) is 0 Å². The van der Waals surface area contributed by atoms with Gasteiger partial charge < -0.3 is 5.73 Å². The van der Waals surface area contributed by atoms with Crippen LogP contribution in [-0.4, -0.2) is 24.0 Å². The summed E-state index contributed by atoms with van der Waals surface area (Å²) in [4.78, 5) is 2.32. The van der Waals surface area contributed by atoms with Crippen LogP contribution in [0.1, 0.15) is 25.3 Å². The standard InChI is InChI=1S/C14H20ClFN2/c1-10-5-6-18(12(7-10)8-17)9-11-3-2-4-13(16)14(11)15/h2-4,10,12H,5-9,17H2,1H3. The molecule has 1 saturated heterocycles. The molecule has 0 aromatic heterocycles. The van der Waals surface area contributed by atoms with Crippen LogP contribution in [-0.2, 0) is 6.54 Å². The highest BCUT2D eigenvalue weighted by Gasteiger charge is 2.25. The second-order valence-electron chi connectivity index (χ2n) is 5.20. The van der Waals surface area contributed by atoms with E-state index < -0.39 is 0 Å². The minimum Gasteiger partial charge on any atom is -0.329 e. The summed E-state index contributed by atoms with van der Waals surface area (Å²) in [5.74, 6) is 0.377. The third-order valence-corrected chi connectivity index (χ3v) is 4.20. The Kier molecular flexibility index (Phi) is 4.60. The Hall–Kier alpha value is -0.640. The Morgan fingerprint density at radius 2 is 2.28 bits per heavy atom. The number of nitrogens with two attached hydrogens (primary N) is 1. The first kappa shape index (κ1) is 13.8. The SMILES string of the molecule is CC1CCN(Cc2cccc(F)c2Cl)C(CN)C1. The second-order valence-corrected chi connectivity index (χ2v) is 5.58. The molecule has 2 unspecified atom stereocenters. The van der Waals surface area contributed by atoms with Gasteiger partial charge in [0.25, 0.3) is 0 Å². The maximum absolute atomic E-state index is 13.4. The van der Waals surface area contributed by atoms with Gasteiger partial charge in [-0.15, -0.1) is 0 Å². The Labute approximate surface area is 113 Å². The van der Waals surface area contributed by atoms with Crippen LogP contribution in [0.4, 0.5) is 4.39 Å². The molecule has 1 aromatic carbocycles. The zero-order valence-corrected chi connectivity index (χ0v) is 11.5. The number of benzene rings is 1. The zero-order chi connectivity index (χ0) is 13.1. The van der Waals surface area contributed by atoms with Crippen LogP contribution in [0.25, 0.3) is 0 Å². The molecule has 4 heteroatoms. The number of rotatable bonds is 3. The fourth-order valence-electron chi connectivity index (χ4n) is 2.64. The number of nitrogens with zero attached hydrogens (tertiary/aromatic N) is 1. The van der Waals surface area contributed by atoms with Crippen molar-refractivity contribution in [2.75, 3.05) is 13.1 Å². The number of piperidine rings is 1. The second kappa shape index (κ2) is 6.00. The molecule has 1 aliphatic rings. The van der Waals surface area contributed by atoms with E-state index in [1.807, 2.05) is 6.07 Å². The van der Waals surface area contributed by atoms with Gasteiger partial charge in [0.15, 0.2) is 0 Å². The summed E-state index contributed by atoms with van der Waals surface area (Å²) < 4.78 is 13.4. The van der Waals surface area contributed by atoms with Gasteiger partial charge in [-0.05, 0) is 36.9 Å². The number of hydrogen-bond acceptors (Lipinski definition) is 2. The molecule has 2 nitrogen and oxygen atoms in total.